The summed E-state index contributed by atoms with van der Waals surface area (Å²) in [7, 11) is 0. The van der Waals surface area contributed by atoms with Crippen LogP contribution in [0.25, 0.3) is 6.08 Å². The molecule has 0 radical (unpaired) electrons. The van der Waals surface area contributed by atoms with Crippen molar-refractivity contribution in [2.45, 2.75) is 13.8 Å². The predicted molar refractivity (Wildman–Crippen MR) is 99.3 cm³/mol. The van der Waals surface area contributed by atoms with E-state index in [0.717, 1.165) is 11.1 Å². The summed E-state index contributed by atoms with van der Waals surface area (Å²) in [4.78, 5) is 19.3. The van der Waals surface area contributed by atoms with E-state index in [-0.39, 0.29) is 11.7 Å². The molecule has 5 heteroatoms. The molecule has 0 unspecified atom stereocenters. The summed E-state index contributed by atoms with van der Waals surface area (Å²) in [5, 5.41) is 10.6. The number of aryl methyl sites for hydroxylation is 1. The van der Waals surface area contributed by atoms with Crippen molar-refractivity contribution < 1.29 is 9.90 Å². The minimum Gasteiger partial charge on any atom is -0.506 e. The number of hydrogen-bond acceptors (Lipinski definition) is 4. The molecule has 2 aromatic carbocycles. The molecule has 24 heavy (non-hydrogen) atoms. The van der Waals surface area contributed by atoms with Gasteiger partial charge in [0.15, 0.2) is 5.17 Å². The number of amidine groups is 1. The van der Waals surface area contributed by atoms with E-state index in [1.807, 2.05) is 56.3 Å². The summed E-state index contributed by atoms with van der Waals surface area (Å²) in [5.74, 6) is 0.0591. The Balaban J connectivity index is 1.95. The van der Waals surface area contributed by atoms with E-state index >= 15 is 0 Å². The van der Waals surface area contributed by atoms with Crippen molar-refractivity contribution in [3.05, 3.63) is 64.6 Å². The Morgan fingerprint density at radius 1 is 1.21 bits per heavy atom. The molecule has 0 bridgehead atoms. The molecular weight excluding hydrogens is 320 g/mol. The van der Waals surface area contributed by atoms with E-state index in [1.165, 1.54) is 11.8 Å². The molecule has 4 nitrogen and oxygen atoms in total. The number of phenolic OH excluding ortho intramolecular Hbond substituents is 1. The largest absolute Gasteiger partial charge is 0.506 e. The van der Waals surface area contributed by atoms with Crippen molar-refractivity contribution in [3.63, 3.8) is 0 Å². The van der Waals surface area contributed by atoms with Crippen LogP contribution in [0.15, 0.2) is 58.4 Å². The maximum Gasteiger partial charge on any atom is 0.266 e. The van der Waals surface area contributed by atoms with Crippen LogP contribution in [-0.2, 0) is 4.79 Å². The maximum atomic E-state index is 12.6. The van der Waals surface area contributed by atoms with Gasteiger partial charge in [-0.3, -0.25) is 9.69 Å². The standard InChI is InChI=1S/C19H18N2O2S/c1-3-21-18(23)17(12-14-7-5-4-6-8-14)24-19(21)20-15-10-9-13(2)11-16(15)22/h4-12,22H,3H2,1-2H3/b17-12-,20-19?. The van der Waals surface area contributed by atoms with Crippen molar-refractivity contribution >= 4 is 34.6 Å². The average Bonchev–Trinajstić information content (AvgIpc) is 2.86. The molecule has 1 amide bonds. The van der Waals surface area contributed by atoms with Gasteiger partial charge >= 0.3 is 0 Å². The van der Waals surface area contributed by atoms with Crippen LogP contribution in [0.2, 0.25) is 0 Å². The monoisotopic (exact) mass is 338 g/mol. The average molecular weight is 338 g/mol. The highest BCUT2D eigenvalue weighted by Gasteiger charge is 2.32. The number of hydrogen-bond donors (Lipinski definition) is 1. The van der Waals surface area contributed by atoms with Gasteiger partial charge in [0.25, 0.3) is 5.91 Å². The minimum absolute atomic E-state index is 0.0586. The molecule has 1 N–H and O–H groups in total. The van der Waals surface area contributed by atoms with Gasteiger partial charge in [-0.2, -0.15) is 0 Å². The van der Waals surface area contributed by atoms with Crippen molar-refractivity contribution in [2.75, 3.05) is 6.54 Å². The van der Waals surface area contributed by atoms with E-state index in [1.54, 1.807) is 17.0 Å². The Labute approximate surface area is 145 Å². The highest BCUT2D eigenvalue weighted by molar-refractivity contribution is 8.18. The van der Waals surface area contributed by atoms with Crippen LogP contribution in [0.3, 0.4) is 0 Å². The number of aromatic hydroxyl groups is 1. The quantitative estimate of drug-likeness (QED) is 0.848. The van der Waals surface area contributed by atoms with Crippen molar-refractivity contribution in [3.8, 4) is 5.75 Å². The van der Waals surface area contributed by atoms with Crippen LogP contribution in [0.1, 0.15) is 18.1 Å². The SMILES string of the molecule is CCN1C(=O)/C(=C/c2ccccc2)SC1=Nc1ccc(C)cc1O. The van der Waals surface area contributed by atoms with Crippen LogP contribution in [0.4, 0.5) is 5.69 Å². The van der Waals surface area contributed by atoms with Crippen LogP contribution >= 0.6 is 11.8 Å². The molecule has 1 heterocycles. The number of thioether (sulfide) groups is 1. The highest BCUT2D eigenvalue weighted by Crippen LogP contribution is 2.36. The highest BCUT2D eigenvalue weighted by atomic mass is 32.2. The van der Waals surface area contributed by atoms with Crippen LogP contribution < -0.4 is 0 Å². The first-order valence-corrected chi connectivity index (χ1v) is 8.55. The van der Waals surface area contributed by atoms with E-state index in [4.69, 9.17) is 0 Å². The van der Waals surface area contributed by atoms with Gasteiger partial charge in [-0.05, 0) is 54.9 Å². The summed E-state index contributed by atoms with van der Waals surface area (Å²) in [5.41, 5.74) is 2.41. The molecule has 0 saturated carbocycles. The zero-order valence-corrected chi connectivity index (χ0v) is 14.4. The van der Waals surface area contributed by atoms with E-state index in [9.17, 15) is 9.90 Å². The van der Waals surface area contributed by atoms with Gasteiger partial charge in [0.1, 0.15) is 11.4 Å². The molecule has 1 saturated heterocycles. The minimum atomic E-state index is -0.0586. The molecule has 0 atom stereocenters. The second-order valence-electron chi connectivity index (χ2n) is 5.46. The second-order valence-corrected chi connectivity index (χ2v) is 6.47. The number of likely N-dealkylation sites (N-methyl/N-ethyl adjacent to an activating group) is 1. The van der Waals surface area contributed by atoms with Crippen molar-refractivity contribution in [2.24, 2.45) is 4.99 Å². The normalized spacial score (nSPS) is 17.9. The Morgan fingerprint density at radius 2 is 1.96 bits per heavy atom. The molecule has 2 aromatic rings. The number of aliphatic imine (C=N–C) groups is 1. The molecule has 0 spiro atoms. The molecule has 3 rings (SSSR count). The lowest BCUT2D eigenvalue weighted by atomic mass is 10.2. The van der Waals surface area contributed by atoms with Crippen LogP contribution in [0, 0.1) is 6.92 Å². The van der Waals surface area contributed by atoms with Gasteiger partial charge in [0.2, 0.25) is 0 Å². The smallest absolute Gasteiger partial charge is 0.266 e. The van der Waals surface area contributed by atoms with Crippen molar-refractivity contribution in [1.29, 1.82) is 0 Å². The number of carbonyl (C=O) groups excluding carboxylic acids is 1. The van der Waals surface area contributed by atoms with Gasteiger partial charge in [0.05, 0.1) is 4.91 Å². The number of amides is 1. The zero-order chi connectivity index (χ0) is 17.1. The fourth-order valence-corrected chi connectivity index (χ4v) is 3.46. The predicted octanol–water partition coefficient (Wildman–Crippen LogP) is 4.32. The first-order chi connectivity index (χ1) is 11.6. The Bertz CT molecular complexity index is 829. The lowest BCUT2D eigenvalue weighted by Gasteiger charge is -2.12. The summed E-state index contributed by atoms with van der Waals surface area (Å²) >= 11 is 1.33. The summed E-state index contributed by atoms with van der Waals surface area (Å²) in [6.07, 6.45) is 1.87. The van der Waals surface area contributed by atoms with E-state index < -0.39 is 0 Å². The summed E-state index contributed by atoms with van der Waals surface area (Å²) < 4.78 is 0. The van der Waals surface area contributed by atoms with Gasteiger partial charge in [-0.25, -0.2) is 4.99 Å². The van der Waals surface area contributed by atoms with E-state index in [2.05, 4.69) is 4.99 Å². The topological polar surface area (TPSA) is 52.9 Å². The van der Waals surface area contributed by atoms with Gasteiger partial charge < -0.3 is 5.11 Å². The molecule has 1 aliphatic rings. The van der Waals surface area contributed by atoms with E-state index in [0.29, 0.717) is 22.3 Å². The van der Waals surface area contributed by atoms with Crippen LogP contribution in [-0.4, -0.2) is 27.6 Å². The van der Waals surface area contributed by atoms with Gasteiger partial charge in [-0.1, -0.05) is 36.4 Å². The summed E-state index contributed by atoms with van der Waals surface area (Å²) in [6.45, 7) is 4.35. The Kier molecular flexibility index (Phi) is 4.71. The van der Waals surface area contributed by atoms with Crippen molar-refractivity contribution in [1.82, 2.24) is 4.90 Å². The fraction of sp³-hybridized carbons (Fsp3) is 0.158. The Morgan fingerprint density at radius 3 is 2.62 bits per heavy atom. The number of nitrogens with zero attached hydrogens (tertiary/aromatic N) is 2. The molecular formula is C19H18N2O2S. The molecule has 122 valence electrons. The Hall–Kier alpha value is -2.53. The first kappa shape index (κ1) is 16.3. The summed E-state index contributed by atoms with van der Waals surface area (Å²) in [6, 6.07) is 15.0. The third-order valence-corrected chi connectivity index (χ3v) is 4.66. The van der Waals surface area contributed by atoms with Gasteiger partial charge in [-0.15, -0.1) is 0 Å². The number of carbonyl (C=O) groups is 1. The second kappa shape index (κ2) is 6.93. The fourth-order valence-electron chi connectivity index (χ4n) is 2.40. The number of benzene rings is 2. The molecule has 0 aromatic heterocycles. The lowest BCUT2D eigenvalue weighted by molar-refractivity contribution is -0.122. The number of rotatable bonds is 3. The number of phenols is 1. The van der Waals surface area contributed by atoms with Crippen LogP contribution in [0.5, 0.6) is 5.75 Å². The first-order valence-electron chi connectivity index (χ1n) is 7.73. The maximum absolute atomic E-state index is 12.6. The molecule has 1 fully saturated rings. The molecule has 1 aliphatic heterocycles. The third-order valence-electron chi connectivity index (χ3n) is 3.65. The third kappa shape index (κ3) is 3.36. The molecule has 0 aliphatic carbocycles. The van der Waals surface area contributed by atoms with Gasteiger partial charge in [0, 0.05) is 6.54 Å². The lowest BCUT2D eigenvalue weighted by Crippen LogP contribution is -2.28. The zero-order valence-electron chi connectivity index (χ0n) is 13.6.